The summed E-state index contributed by atoms with van der Waals surface area (Å²) in [6.45, 7) is 7.88. The zero-order valence-corrected chi connectivity index (χ0v) is 14.8. The second kappa shape index (κ2) is 9.43. The number of nitrogens with one attached hydrogen (secondary N) is 1. The van der Waals surface area contributed by atoms with Gasteiger partial charge in [0.1, 0.15) is 12.4 Å². The molecule has 0 atom stereocenters. The molecule has 1 heterocycles. The average Bonchev–Trinajstić information content (AvgIpc) is 3.04. The molecule has 0 radical (unpaired) electrons. The molecule has 23 heavy (non-hydrogen) atoms. The van der Waals surface area contributed by atoms with Crippen LogP contribution in [0.2, 0.25) is 0 Å². The number of aliphatic hydroxyl groups excluding tert-OH is 1. The van der Waals surface area contributed by atoms with Gasteiger partial charge in [0, 0.05) is 16.3 Å². The van der Waals surface area contributed by atoms with E-state index in [1.54, 1.807) is 17.4 Å². The first kappa shape index (κ1) is 19.3. The van der Waals surface area contributed by atoms with Crippen molar-refractivity contribution in [3.05, 3.63) is 46.6 Å². The van der Waals surface area contributed by atoms with Crippen molar-refractivity contribution in [3.8, 4) is 10.4 Å². The molecule has 126 valence electrons. The Labute approximate surface area is 141 Å². The van der Waals surface area contributed by atoms with Gasteiger partial charge < -0.3 is 10.4 Å². The minimum Gasteiger partial charge on any atom is -0.387 e. The van der Waals surface area contributed by atoms with E-state index in [1.165, 1.54) is 17.0 Å². The molecule has 2 N–H and O–H groups in total. The molecule has 0 aliphatic rings. The third-order valence-corrected chi connectivity index (χ3v) is 4.57. The summed E-state index contributed by atoms with van der Waals surface area (Å²) in [6, 6.07) is 8.66. The Bertz CT molecular complexity index is 638. The van der Waals surface area contributed by atoms with E-state index in [1.807, 2.05) is 19.9 Å². The van der Waals surface area contributed by atoms with E-state index in [9.17, 15) is 9.18 Å². The summed E-state index contributed by atoms with van der Waals surface area (Å²) in [5.41, 5.74) is 1.61. The third-order valence-electron chi connectivity index (χ3n) is 3.15. The maximum atomic E-state index is 13.4. The number of carbonyl (C=O) groups excluding carboxylic acids is 1. The summed E-state index contributed by atoms with van der Waals surface area (Å²) in [6.07, 6.45) is 0. The topological polar surface area (TPSA) is 49.3 Å². The van der Waals surface area contributed by atoms with E-state index >= 15 is 0 Å². The minimum absolute atomic E-state index is 0.196. The Kier molecular flexibility index (Phi) is 7.92. The lowest BCUT2D eigenvalue weighted by Gasteiger charge is -2.09. The number of rotatable bonds is 5. The van der Waals surface area contributed by atoms with Crippen LogP contribution in [0.15, 0.2) is 30.3 Å². The fourth-order valence-corrected chi connectivity index (χ4v) is 3.08. The number of aliphatic hydroxyl groups is 1. The Morgan fingerprint density at radius 3 is 2.52 bits per heavy atom. The maximum Gasteiger partial charge on any atom is 0.245 e. The lowest BCUT2D eigenvalue weighted by molar-refractivity contribution is -0.123. The highest BCUT2D eigenvalue weighted by atomic mass is 32.1. The molecule has 0 aliphatic carbocycles. The Balaban J connectivity index is 0.00000127. The van der Waals surface area contributed by atoms with Crippen molar-refractivity contribution >= 4 is 17.2 Å². The first-order valence-electron chi connectivity index (χ1n) is 7.77. The molecule has 0 bridgehead atoms. The van der Waals surface area contributed by atoms with E-state index in [0.717, 1.165) is 10.4 Å². The number of hydrogen-bond donors (Lipinski definition) is 2. The van der Waals surface area contributed by atoms with Crippen LogP contribution in [0.1, 0.15) is 44.1 Å². The van der Waals surface area contributed by atoms with Gasteiger partial charge in [-0.2, -0.15) is 0 Å². The number of hydrogen-bond acceptors (Lipinski definition) is 3. The molecule has 0 aliphatic heterocycles. The number of benzene rings is 1. The SMILES string of the molecule is CC.CC(C)c1ccc(-c2ccc(F)cc2CNC(=O)CO)s1. The quantitative estimate of drug-likeness (QED) is 0.854. The fourth-order valence-electron chi connectivity index (χ4n) is 2.01. The molecular formula is C18H24FNO2S. The highest BCUT2D eigenvalue weighted by Crippen LogP contribution is 2.34. The zero-order valence-electron chi connectivity index (χ0n) is 14.0. The molecule has 1 amide bonds. The van der Waals surface area contributed by atoms with E-state index in [-0.39, 0.29) is 12.4 Å². The van der Waals surface area contributed by atoms with Crippen LogP contribution < -0.4 is 5.32 Å². The van der Waals surface area contributed by atoms with Gasteiger partial charge >= 0.3 is 0 Å². The molecule has 5 heteroatoms. The summed E-state index contributed by atoms with van der Waals surface area (Å²) in [5.74, 6) is -0.367. The van der Waals surface area contributed by atoms with Crippen LogP contribution in [0.5, 0.6) is 0 Å². The molecule has 2 aromatic rings. The van der Waals surface area contributed by atoms with Crippen molar-refractivity contribution < 1.29 is 14.3 Å². The van der Waals surface area contributed by atoms with Crippen molar-refractivity contribution in [1.82, 2.24) is 5.32 Å². The zero-order chi connectivity index (χ0) is 17.4. The molecular weight excluding hydrogens is 313 g/mol. The van der Waals surface area contributed by atoms with Crippen molar-refractivity contribution in [1.29, 1.82) is 0 Å². The van der Waals surface area contributed by atoms with Gasteiger partial charge in [-0.15, -0.1) is 11.3 Å². The standard InChI is InChI=1S/C16H18FNO2S.C2H6/c1-10(2)14-5-6-15(21-14)13-4-3-12(17)7-11(13)8-18-16(20)9-19;1-2/h3-7,10,19H,8-9H2,1-2H3,(H,18,20);1-2H3. The van der Waals surface area contributed by atoms with Crippen LogP contribution >= 0.6 is 11.3 Å². The Morgan fingerprint density at radius 2 is 1.96 bits per heavy atom. The fraction of sp³-hybridized carbons (Fsp3) is 0.389. The molecule has 0 unspecified atom stereocenters. The van der Waals surface area contributed by atoms with Gasteiger partial charge in [0.15, 0.2) is 0 Å². The van der Waals surface area contributed by atoms with Crippen LogP contribution in [-0.4, -0.2) is 17.6 Å². The van der Waals surface area contributed by atoms with E-state index in [0.29, 0.717) is 11.5 Å². The smallest absolute Gasteiger partial charge is 0.245 e. The highest BCUT2D eigenvalue weighted by Gasteiger charge is 2.11. The maximum absolute atomic E-state index is 13.4. The highest BCUT2D eigenvalue weighted by molar-refractivity contribution is 7.15. The monoisotopic (exact) mass is 337 g/mol. The van der Waals surface area contributed by atoms with Crippen molar-refractivity contribution in [3.63, 3.8) is 0 Å². The van der Waals surface area contributed by atoms with Crippen LogP contribution in [0.25, 0.3) is 10.4 Å². The molecule has 1 aromatic carbocycles. The van der Waals surface area contributed by atoms with E-state index < -0.39 is 12.5 Å². The normalized spacial score (nSPS) is 10.2. The van der Waals surface area contributed by atoms with Crippen LogP contribution in [0.4, 0.5) is 4.39 Å². The Morgan fingerprint density at radius 1 is 1.26 bits per heavy atom. The third kappa shape index (κ3) is 5.44. The summed E-state index contributed by atoms with van der Waals surface area (Å²) in [5, 5.41) is 11.3. The molecule has 0 saturated carbocycles. The predicted molar refractivity (Wildman–Crippen MR) is 94.1 cm³/mol. The predicted octanol–water partition coefficient (Wildman–Crippen LogP) is 4.31. The van der Waals surface area contributed by atoms with Gasteiger partial charge in [-0.25, -0.2) is 4.39 Å². The van der Waals surface area contributed by atoms with Gasteiger partial charge in [-0.05, 0) is 41.3 Å². The first-order valence-corrected chi connectivity index (χ1v) is 8.59. The largest absolute Gasteiger partial charge is 0.387 e. The van der Waals surface area contributed by atoms with Crippen LogP contribution in [-0.2, 0) is 11.3 Å². The van der Waals surface area contributed by atoms with Crippen LogP contribution in [0.3, 0.4) is 0 Å². The number of thiophene rings is 1. The summed E-state index contributed by atoms with van der Waals surface area (Å²) >= 11 is 1.67. The lowest BCUT2D eigenvalue weighted by Crippen LogP contribution is -2.25. The molecule has 0 fully saturated rings. The second-order valence-corrected chi connectivity index (χ2v) is 6.21. The average molecular weight is 337 g/mol. The van der Waals surface area contributed by atoms with Gasteiger partial charge in [0.25, 0.3) is 0 Å². The molecule has 0 spiro atoms. The number of amides is 1. The van der Waals surface area contributed by atoms with Crippen molar-refractivity contribution in [2.24, 2.45) is 0 Å². The summed E-state index contributed by atoms with van der Waals surface area (Å²) in [4.78, 5) is 13.5. The Hall–Kier alpha value is -1.72. The van der Waals surface area contributed by atoms with Crippen molar-refractivity contribution in [2.45, 2.75) is 40.2 Å². The molecule has 1 aromatic heterocycles. The van der Waals surface area contributed by atoms with Gasteiger partial charge in [0.2, 0.25) is 5.91 Å². The van der Waals surface area contributed by atoms with Crippen LogP contribution in [0, 0.1) is 5.82 Å². The first-order chi connectivity index (χ1) is 11.0. The number of carbonyl (C=O) groups is 1. The molecule has 0 saturated heterocycles. The number of halogens is 1. The minimum atomic E-state index is -0.568. The van der Waals surface area contributed by atoms with Crippen molar-refractivity contribution in [2.75, 3.05) is 6.61 Å². The van der Waals surface area contributed by atoms with Gasteiger partial charge in [-0.1, -0.05) is 33.8 Å². The van der Waals surface area contributed by atoms with E-state index in [2.05, 4.69) is 25.2 Å². The van der Waals surface area contributed by atoms with Gasteiger partial charge in [-0.3, -0.25) is 4.79 Å². The lowest BCUT2D eigenvalue weighted by atomic mass is 10.1. The second-order valence-electron chi connectivity index (χ2n) is 5.09. The molecule has 3 nitrogen and oxygen atoms in total. The summed E-state index contributed by atoms with van der Waals surface area (Å²) in [7, 11) is 0. The summed E-state index contributed by atoms with van der Waals surface area (Å²) < 4.78 is 13.4. The van der Waals surface area contributed by atoms with E-state index in [4.69, 9.17) is 5.11 Å². The van der Waals surface area contributed by atoms with Gasteiger partial charge in [0.05, 0.1) is 0 Å². The molecule has 2 rings (SSSR count).